The minimum atomic E-state index is -0.360. The second kappa shape index (κ2) is 6.74. The van der Waals surface area contributed by atoms with Crippen LogP contribution in [0.3, 0.4) is 0 Å². The molecule has 1 aromatic carbocycles. The van der Waals surface area contributed by atoms with Crippen LogP contribution in [0.4, 0.5) is 5.69 Å². The van der Waals surface area contributed by atoms with Gasteiger partial charge in [-0.25, -0.2) is 4.98 Å². The molecule has 1 aromatic heterocycles. The molecular weight excluding hydrogens is 313 g/mol. The van der Waals surface area contributed by atoms with Crippen molar-refractivity contribution in [1.82, 2.24) is 9.55 Å². The van der Waals surface area contributed by atoms with E-state index in [1.807, 2.05) is 6.92 Å². The molecule has 5 nitrogen and oxygen atoms in total. The number of halogens is 2. The zero-order valence-electron chi connectivity index (χ0n) is 11.3. The maximum absolute atomic E-state index is 11.9. The zero-order chi connectivity index (χ0) is 15.4. The summed E-state index contributed by atoms with van der Waals surface area (Å²) in [7, 11) is 0. The minimum Gasteiger partial charge on any atom is -0.324 e. The molecule has 0 bridgehead atoms. The monoisotopic (exact) mass is 325 g/mol. The first-order valence-corrected chi connectivity index (χ1v) is 7.05. The van der Waals surface area contributed by atoms with Crippen molar-refractivity contribution >= 4 is 34.8 Å². The lowest BCUT2D eigenvalue weighted by Crippen LogP contribution is -2.27. The van der Waals surface area contributed by atoms with Gasteiger partial charge in [-0.3, -0.25) is 14.2 Å². The molecule has 0 saturated carbocycles. The summed E-state index contributed by atoms with van der Waals surface area (Å²) in [5.41, 5.74) is 0.906. The molecule has 2 aromatic rings. The van der Waals surface area contributed by atoms with Gasteiger partial charge in [0, 0.05) is 27.5 Å². The van der Waals surface area contributed by atoms with Crippen LogP contribution in [0.2, 0.25) is 10.0 Å². The SMILES string of the molecule is CCc1cc(=O)n(CC(=O)Nc2cc(Cl)cc(Cl)c2)cn1. The summed E-state index contributed by atoms with van der Waals surface area (Å²) >= 11 is 11.7. The molecule has 0 atom stereocenters. The van der Waals surface area contributed by atoms with Crippen molar-refractivity contribution in [2.24, 2.45) is 0 Å². The van der Waals surface area contributed by atoms with E-state index in [2.05, 4.69) is 10.3 Å². The van der Waals surface area contributed by atoms with Gasteiger partial charge in [-0.15, -0.1) is 0 Å². The molecule has 0 aliphatic rings. The predicted molar refractivity (Wildman–Crippen MR) is 83.0 cm³/mol. The van der Waals surface area contributed by atoms with Gasteiger partial charge in [0.15, 0.2) is 0 Å². The number of rotatable bonds is 4. The van der Waals surface area contributed by atoms with Crippen LogP contribution >= 0.6 is 23.2 Å². The lowest BCUT2D eigenvalue weighted by atomic mass is 10.3. The topological polar surface area (TPSA) is 64.0 Å². The largest absolute Gasteiger partial charge is 0.324 e. The Balaban J connectivity index is 2.10. The van der Waals surface area contributed by atoms with Crippen molar-refractivity contribution in [2.75, 3.05) is 5.32 Å². The number of aryl methyl sites for hydroxylation is 1. The predicted octanol–water partition coefficient (Wildman–Crippen LogP) is 2.75. The number of aromatic nitrogens is 2. The van der Waals surface area contributed by atoms with Crippen LogP contribution in [0.15, 0.2) is 35.4 Å². The number of carbonyl (C=O) groups excluding carboxylic acids is 1. The number of nitrogens with zero attached hydrogens (tertiary/aromatic N) is 2. The van der Waals surface area contributed by atoms with Crippen molar-refractivity contribution in [1.29, 1.82) is 0 Å². The van der Waals surface area contributed by atoms with Gasteiger partial charge in [0.1, 0.15) is 6.54 Å². The number of benzene rings is 1. The van der Waals surface area contributed by atoms with Gasteiger partial charge in [0.25, 0.3) is 5.56 Å². The molecule has 0 aliphatic heterocycles. The zero-order valence-corrected chi connectivity index (χ0v) is 12.8. The van der Waals surface area contributed by atoms with E-state index in [1.54, 1.807) is 18.2 Å². The van der Waals surface area contributed by atoms with Crippen molar-refractivity contribution in [2.45, 2.75) is 19.9 Å². The quantitative estimate of drug-likeness (QED) is 0.940. The molecule has 0 aliphatic carbocycles. The molecule has 2 rings (SSSR count). The summed E-state index contributed by atoms with van der Waals surface area (Å²) in [6, 6.07) is 6.14. The summed E-state index contributed by atoms with van der Waals surface area (Å²) < 4.78 is 1.24. The van der Waals surface area contributed by atoms with E-state index in [-0.39, 0.29) is 18.0 Å². The Hall–Kier alpha value is -1.85. The van der Waals surface area contributed by atoms with E-state index in [1.165, 1.54) is 17.0 Å². The highest BCUT2D eigenvalue weighted by atomic mass is 35.5. The molecular formula is C14H13Cl2N3O2. The third-order valence-corrected chi connectivity index (χ3v) is 3.20. The third-order valence-electron chi connectivity index (χ3n) is 2.76. The van der Waals surface area contributed by atoms with Crippen LogP contribution in [0.1, 0.15) is 12.6 Å². The van der Waals surface area contributed by atoms with Crippen LogP contribution in [-0.4, -0.2) is 15.5 Å². The molecule has 0 spiro atoms. The average Bonchev–Trinajstić information content (AvgIpc) is 2.39. The van der Waals surface area contributed by atoms with Gasteiger partial charge in [0.05, 0.1) is 6.33 Å². The fourth-order valence-electron chi connectivity index (χ4n) is 1.76. The molecule has 0 saturated heterocycles. The first-order chi connectivity index (χ1) is 9.97. The number of anilines is 1. The standard InChI is InChI=1S/C14H13Cl2N3O2/c1-2-11-6-14(21)19(8-17-11)7-13(20)18-12-4-9(15)3-10(16)5-12/h3-6,8H,2,7H2,1H3,(H,18,20). The molecule has 1 amide bonds. The Morgan fingerprint density at radius 2 is 1.90 bits per heavy atom. The fraction of sp³-hybridized carbons (Fsp3) is 0.214. The fourth-order valence-corrected chi connectivity index (χ4v) is 2.28. The highest BCUT2D eigenvalue weighted by Crippen LogP contribution is 2.22. The van der Waals surface area contributed by atoms with Crippen LogP contribution in [0, 0.1) is 0 Å². The summed E-state index contributed by atoms with van der Waals surface area (Å²) in [6.07, 6.45) is 2.04. The van der Waals surface area contributed by atoms with Crippen molar-refractivity contribution in [3.63, 3.8) is 0 Å². The van der Waals surface area contributed by atoms with Crippen LogP contribution in [0.5, 0.6) is 0 Å². The number of hydrogen-bond donors (Lipinski definition) is 1. The summed E-state index contributed by atoms with van der Waals surface area (Å²) in [5, 5.41) is 3.47. The highest BCUT2D eigenvalue weighted by Gasteiger charge is 2.07. The molecule has 0 radical (unpaired) electrons. The maximum atomic E-state index is 11.9. The number of hydrogen-bond acceptors (Lipinski definition) is 3. The Morgan fingerprint density at radius 3 is 2.48 bits per heavy atom. The normalized spacial score (nSPS) is 10.4. The minimum absolute atomic E-state index is 0.125. The van der Waals surface area contributed by atoms with E-state index >= 15 is 0 Å². The smallest absolute Gasteiger partial charge is 0.253 e. The van der Waals surface area contributed by atoms with Gasteiger partial charge >= 0.3 is 0 Å². The molecule has 0 unspecified atom stereocenters. The second-order valence-corrected chi connectivity index (χ2v) is 5.28. The third kappa shape index (κ3) is 4.31. The second-order valence-electron chi connectivity index (χ2n) is 4.41. The molecule has 1 heterocycles. The van der Waals surface area contributed by atoms with E-state index in [9.17, 15) is 9.59 Å². The molecule has 21 heavy (non-hydrogen) atoms. The molecule has 110 valence electrons. The first kappa shape index (κ1) is 15.5. The van der Waals surface area contributed by atoms with Gasteiger partial charge in [-0.1, -0.05) is 30.1 Å². The highest BCUT2D eigenvalue weighted by molar-refractivity contribution is 6.35. The van der Waals surface area contributed by atoms with E-state index in [0.29, 0.717) is 27.8 Å². The lowest BCUT2D eigenvalue weighted by molar-refractivity contribution is -0.116. The Labute approximate surface area is 131 Å². The summed E-state index contributed by atoms with van der Waals surface area (Å²) in [4.78, 5) is 27.8. The van der Waals surface area contributed by atoms with E-state index in [0.717, 1.165) is 0 Å². The van der Waals surface area contributed by atoms with Crippen LogP contribution in [-0.2, 0) is 17.8 Å². The number of nitrogens with one attached hydrogen (secondary N) is 1. The van der Waals surface area contributed by atoms with E-state index < -0.39 is 0 Å². The Kier molecular flexibility index (Phi) is 4.98. The number of carbonyl (C=O) groups is 1. The Morgan fingerprint density at radius 1 is 1.24 bits per heavy atom. The maximum Gasteiger partial charge on any atom is 0.253 e. The van der Waals surface area contributed by atoms with Crippen molar-refractivity contribution < 1.29 is 4.79 Å². The van der Waals surface area contributed by atoms with Gasteiger partial charge in [-0.05, 0) is 24.6 Å². The Bertz CT molecular complexity index is 708. The molecule has 0 fully saturated rings. The average molecular weight is 326 g/mol. The lowest BCUT2D eigenvalue weighted by Gasteiger charge is -2.08. The molecule has 7 heteroatoms. The van der Waals surface area contributed by atoms with Gasteiger partial charge in [0.2, 0.25) is 5.91 Å². The summed E-state index contributed by atoms with van der Waals surface area (Å²) in [6.45, 7) is 1.78. The molecule has 1 N–H and O–H groups in total. The van der Waals surface area contributed by atoms with Gasteiger partial charge in [-0.2, -0.15) is 0 Å². The number of amides is 1. The van der Waals surface area contributed by atoms with Gasteiger partial charge < -0.3 is 5.32 Å². The van der Waals surface area contributed by atoms with Crippen molar-refractivity contribution in [3.8, 4) is 0 Å². The van der Waals surface area contributed by atoms with Crippen LogP contribution < -0.4 is 10.9 Å². The van der Waals surface area contributed by atoms with Crippen LogP contribution in [0.25, 0.3) is 0 Å². The summed E-state index contributed by atoms with van der Waals surface area (Å²) in [5.74, 6) is -0.360. The van der Waals surface area contributed by atoms with Crippen molar-refractivity contribution in [3.05, 3.63) is 56.7 Å². The van der Waals surface area contributed by atoms with E-state index in [4.69, 9.17) is 23.2 Å². The first-order valence-electron chi connectivity index (χ1n) is 6.29.